The van der Waals surface area contributed by atoms with E-state index in [1.165, 1.54) is 0 Å². The van der Waals surface area contributed by atoms with Crippen molar-refractivity contribution in [1.82, 2.24) is 14.9 Å². The van der Waals surface area contributed by atoms with Crippen molar-refractivity contribution in [1.29, 1.82) is 0 Å². The van der Waals surface area contributed by atoms with Gasteiger partial charge in [0.2, 0.25) is 0 Å². The Morgan fingerprint density at radius 1 is 1.26 bits per heavy atom. The van der Waals surface area contributed by atoms with E-state index in [1.807, 2.05) is 7.05 Å². The molecule has 0 aliphatic heterocycles. The Morgan fingerprint density at radius 2 is 1.95 bits per heavy atom. The summed E-state index contributed by atoms with van der Waals surface area (Å²) in [4.78, 5) is 22.4. The van der Waals surface area contributed by atoms with Gasteiger partial charge < -0.3 is 10.2 Å². The monoisotopic (exact) mass is 264 g/mol. The van der Waals surface area contributed by atoms with Gasteiger partial charge in [0.25, 0.3) is 5.91 Å². The highest BCUT2D eigenvalue weighted by atomic mass is 16.2. The topological polar surface area (TPSA) is 58.1 Å². The Morgan fingerprint density at radius 3 is 2.42 bits per heavy atom. The average molecular weight is 264 g/mol. The van der Waals surface area contributed by atoms with Crippen LogP contribution in [-0.2, 0) is 0 Å². The molecule has 1 heterocycles. The standard InChI is InChI=1S/C14H24N4O/c1-5-8-15-13-10-16-12(9-17-13)14(19)18(4)11(6-2)7-3/h9-11H,5-8H2,1-4H3,(H,15,17). The second-order valence-electron chi connectivity index (χ2n) is 4.60. The smallest absolute Gasteiger partial charge is 0.274 e. The highest BCUT2D eigenvalue weighted by Gasteiger charge is 2.19. The molecule has 0 aliphatic rings. The second kappa shape index (κ2) is 7.71. The molecule has 1 amide bonds. The molecule has 0 aromatic carbocycles. The van der Waals surface area contributed by atoms with Gasteiger partial charge in [-0.1, -0.05) is 20.8 Å². The molecule has 5 nitrogen and oxygen atoms in total. The highest BCUT2D eigenvalue weighted by Crippen LogP contribution is 2.10. The maximum atomic E-state index is 12.2. The minimum atomic E-state index is -0.0664. The molecule has 0 fully saturated rings. The van der Waals surface area contributed by atoms with Crippen LogP contribution < -0.4 is 5.32 Å². The van der Waals surface area contributed by atoms with Gasteiger partial charge in [-0.05, 0) is 19.3 Å². The van der Waals surface area contributed by atoms with Crippen molar-refractivity contribution >= 4 is 11.7 Å². The summed E-state index contributed by atoms with van der Waals surface area (Å²) in [5, 5.41) is 3.14. The molecule has 0 saturated heterocycles. The number of amides is 1. The minimum Gasteiger partial charge on any atom is -0.369 e. The lowest BCUT2D eigenvalue weighted by Gasteiger charge is -2.25. The highest BCUT2D eigenvalue weighted by molar-refractivity contribution is 5.92. The first kappa shape index (κ1) is 15.4. The van der Waals surface area contributed by atoms with Crippen molar-refractivity contribution in [3.63, 3.8) is 0 Å². The van der Waals surface area contributed by atoms with Crippen molar-refractivity contribution in [2.24, 2.45) is 0 Å². The predicted molar refractivity (Wildman–Crippen MR) is 77.3 cm³/mol. The fraction of sp³-hybridized carbons (Fsp3) is 0.643. The summed E-state index contributed by atoms with van der Waals surface area (Å²) >= 11 is 0. The summed E-state index contributed by atoms with van der Waals surface area (Å²) < 4.78 is 0. The number of aromatic nitrogens is 2. The first-order valence-electron chi connectivity index (χ1n) is 6.97. The maximum absolute atomic E-state index is 12.2. The molecule has 0 unspecified atom stereocenters. The third-order valence-electron chi connectivity index (χ3n) is 3.24. The Bertz CT molecular complexity index is 387. The van der Waals surface area contributed by atoms with Gasteiger partial charge in [0.1, 0.15) is 11.5 Å². The SMILES string of the molecule is CCCNc1cnc(C(=O)N(C)C(CC)CC)cn1. The van der Waals surface area contributed by atoms with Crippen LogP contribution in [0.5, 0.6) is 0 Å². The van der Waals surface area contributed by atoms with E-state index in [0.717, 1.165) is 25.8 Å². The molecule has 1 aromatic rings. The van der Waals surface area contributed by atoms with Gasteiger partial charge in [-0.25, -0.2) is 9.97 Å². The van der Waals surface area contributed by atoms with E-state index >= 15 is 0 Å². The van der Waals surface area contributed by atoms with E-state index in [1.54, 1.807) is 17.3 Å². The first-order chi connectivity index (χ1) is 9.13. The quantitative estimate of drug-likeness (QED) is 0.822. The molecule has 1 N–H and O–H groups in total. The number of hydrogen-bond donors (Lipinski definition) is 1. The van der Waals surface area contributed by atoms with Crippen LogP contribution in [0, 0.1) is 0 Å². The summed E-state index contributed by atoms with van der Waals surface area (Å²) in [6.45, 7) is 7.11. The largest absolute Gasteiger partial charge is 0.369 e. The number of rotatable bonds is 7. The maximum Gasteiger partial charge on any atom is 0.274 e. The van der Waals surface area contributed by atoms with E-state index in [-0.39, 0.29) is 11.9 Å². The lowest BCUT2D eigenvalue weighted by molar-refractivity contribution is 0.0717. The molecule has 0 saturated carbocycles. The number of nitrogens with one attached hydrogen (secondary N) is 1. The molecule has 0 atom stereocenters. The number of hydrogen-bond acceptors (Lipinski definition) is 4. The third-order valence-corrected chi connectivity index (χ3v) is 3.24. The summed E-state index contributed by atoms with van der Waals surface area (Å²) in [5.41, 5.74) is 0.399. The normalized spacial score (nSPS) is 10.6. The first-order valence-corrected chi connectivity index (χ1v) is 6.97. The molecule has 1 aromatic heterocycles. The number of anilines is 1. The lowest BCUT2D eigenvalue weighted by atomic mass is 10.1. The van der Waals surface area contributed by atoms with Crippen LogP contribution in [0.2, 0.25) is 0 Å². The zero-order chi connectivity index (χ0) is 14.3. The Balaban J connectivity index is 2.71. The minimum absolute atomic E-state index is 0.0664. The molecule has 0 aliphatic carbocycles. The Hall–Kier alpha value is -1.65. The summed E-state index contributed by atoms with van der Waals surface area (Å²) in [5.74, 6) is 0.645. The predicted octanol–water partition coefficient (Wildman–Crippen LogP) is 2.56. The van der Waals surface area contributed by atoms with E-state index < -0.39 is 0 Å². The van der Waals surface area contributed by atoms with Crippen LogP contribution in [0.25, 0.3) is 0 Å². The van der Waals surface area contributed by atoms with Crippen molar-refractivity contribution in [2.45, 2.75) is 46.1 Å². The summed E-state index contributed by atoms with van der Waals surface area (Å²) in [7, 11) is 1.82. The lowest BCUT2D eigenvalue weighted by Crippen LogP contribution is -2.36. The molecule has 1 rings (SSSR count). The van der Waals surface area contributed by atoms with Gasteiger partial charge in [0, 0.05) is 19.6 Å². The number of nitrogens with zero attached hydrogens (tertiary/aromatic N) is 3. The van der Waals surface area contributed by atoms with Crippen LogP contribution in [0.3, 0.4) is 0 Å². The van der Waals surface area contributed by atoms with Crippen LogP contribution in [0.15, 0.2) is 12.4 Å². The van der Waals surface area contributed by atoms with E-state index in [0.29, 0.717) is 11.5 Å². The van der Waals surface area contributed by atoms with Crippen molar-refractivity contribution in [2.75, 3.05) is 18.9 Å². The van der Waals surface area contributed by atoms with Gasteiger partial charge in [0.15, 0.2) is 0 Å². The summed E-state index contributed by atoms with van der Waals surface area (Å²) in [6, 6.07) is 0.257. The molecule has 5 heteroatoms. The summed E-state index contributed by atoms with van der Waals surface area (Å²) in [6.07, 6.45) is 6.08. The van der Waals surface area contributed by atoms with Crippen LogP contribution in [0.4, 0.5) is 5.82 Å². The average Bonchev–Trinajstić information content (AvgIpc) is 2.46. The van der Waals surface area contributed by atoms with Crippen LogP contribution >= 0.6 is 0 Å². The molecule has 0 radical (unpaired) electrons. The fourth-order valence-electron chi connectivity index (χ4n) is 1.97. The molecule has 0 spiro atoms. The van der Waals surface area contributed by atoms with Crippen molar-refractivity contribution in [3.05, 3.63) is 18.1 Å². The molecule has 106 valence electrons. The van der Waals surface area contributed by atoms with Gasteiger partial charge in [0.05, 0.1) is 12.4 Å². The van der Waals surface area contributed by atoms with E-state index in [9.17, 15) is 4.79 Å². The van der Waals surface area contributed by atoms with Crippen LogP contribution in [-0.4, -0.2) is 40.4 Å². The second-order valence-corrected chi connectivity index (χ2v) is 4.60. The van der Waals surface area contributed by atoms with Crippen LogP contribution in [0.1, 0.15) is 50.5 Å². The zero-order valence-electron chi connectivity index (χ0n) is 12.3. The molecular weight excluding hydrogens is 240 g/mol. The third kappa shape index (κ3) is 4.19. The molecule has 19 heavy (non-hydrogen) atoms. The number of carbonyl (C=O) groups is 1. The van der Waals surface area contributed by atoms with Gasteiger partial charge in [-0.15, -0.1) is 0 Å². The van der Waals surface area contributed by atoms with Gasteiger partial charge >= 0.3 is 0 Å². The molecular formula is C14H24N4O. The zero-order valence-corrected chi connectivity index (χ0v) is 12.3. The van der Waals surface area contributed by atoms with Gasteiger partial charge in [-0.3, -0.25) is 4.79 Å². The molecule has 0 bridgehead atoms. The van der Waals surface area contributed by atoms with E-state index in [2.05, 4.69) is 36.1 Å². The van der Waals surface area contributed by atoms with Crippen molar-refractivity contribution < 1.29 is 4.79 Å². The van der Waals surface area contributed by atoms with Gasteiger partial charge in [-0.2, -0.15) is 0 Å². The Kier molecular flexibility index (Phi) is 6.25. The fourth-order valence-corrected chi connectivity index (χ4v) is 1.97. The number of carbonyl (C=O) groups excluding carboxylic acids is 1. The Labute approximate surface area is 115 Å². The van der Waals surface area contributed by atoms with E-state index in [4.69, 9.17) is 0 Å². The van der Waals surface area contributed by atoms with Crippen molar-refractivity contribution in [3.8, 4) is 0 Å².